The van der Waals surface area contributed by atoms with Gasteiger partial charge in [-0.25, -0.2) is 0 Å². The number of rotatable bonds is 6. The number of amides is 1. The topological polar surface area (TPSA) is 74.6 Å². The zero-order chi connectivity index (χ0) is 19.1. The van der Waals surface area contributed by atoms with Crippen LogP contribution in [0.5, 0.6) is 0 Å². The maximum atomic E-state index is 11.8. The Kier molecular flexibility index (Phi) is 6.46. The second kappa shape index (κ2) is 9.21. The molecule has 144 valence electrons. The molecule has 27 heavy (non-hydrogen) atoms. The smallest absolute Gasteiger partial charge is 0.222 e. The third kappa shape index (κ3) is 5.32. The Balaban J connectivity index is 1.47. The van der Waals surface area contributed by atoms with Crippen LogP contribution in [-0.4, -0.2) is 52.7 Å². The fourth-order valence-corrected chi connectivity index (χ4v) is 3.26. The minimum atomic E-state index is 0.216. The molecule has 1 saturated heterocycles. The summed E-state index contributed by atoms with van der Waals surface area (Å²) in [4.78, 5) is 18.0. The maximum Gasteiger partial charge on any atom is 0.222 e. The van der Waals surface area contributed by atoms with Crippen LogP contribution in [0, 0.1) is 0 Å². The summed E-state index contributed by atoms with van der Waals surface area (Å²) in [5.41, 5.74) is 2.33. The summed E-state index contributed by atoms with van der Waals surface area (Å²) in [6, 6.07) is 10.5. The molecule has 3 rings (SSSR count). The molecule has 1 fully saturated rings. The molecule has 1 aromatic carbocycles. The van der Waals surface area contributed by atoms with Crippen LogP contribution in [0.4, 0.5) is 0 Å². The average Bonchev–Trinajstić information content (AvgIpc) is 3.35. The van der Waals surface area contributed by atoms with Gasteiger partial charge in [0.15, 0.2) is 5.96 Å². The van der Waals surface area contributed by atoms with Crippen molar-refractivity contribution in [3.05, 3.63) is 53.9 Å². The van der Waals surface area contributed by atoms with E-state index >= 15 is 0 Å². The molecule has 1 amide bonds. The lowest BCUT2D eigenvalue weighted by molar-refractivity contribution is -0.129. The quantitative estimate of drug-likeness (QED) is 0.600. The summed E-state index contributed by atoms with van der Waals surface area (Å²) >= 11 is 0. The lowest BCUT2D eigenvalue weighted by atomic mass is 10.2. The Morgan fingerprint density at radius 1 is 1.30 bits per heavy atom. The van der Waals surface area contributed by atoms with Gasteiger partial charge >= 0.3 is 0 Å². The van der Waals surface area contributed by atoms with E-state index in [1.165, 1.54) is 5.56 Å². The molecule has 1 atom stereocenters. The first kappa shape index (κ1) is 18.9. The van der Waals surface area contributed by atoms with E-state index in [-0.39, 0.29) is 11.9 Å². The number of aromatic nitrogens is 2. The van der Waals surface area contributed by atoms with Crippen molar-refractivity contribution in [1.82, 2.24) is 25.3 Å². The molecule has 1 aliphatic heterocycles. The number of carbonyl (C=O) groups is 1. The van der Waals surface area contributed by atoms with Crippen LogP contribution in [0.2, 0.25) is 0 Å². The van der Waals surface area contributed by atoms with Crippen LogP contribution in [0.1, 0.15) is 30.9 Å². The molecule has 0 saturated carbocycles. The van der Waals surface area contributed by atoms with E-state index in [1.807, 2.05) is 47.1 Å². The molecule has 7 heteroatoms. The number of carbonyl (C=O) groups excluding carboxylic acids is 1. The Bertz CT molecular complexity index is 770. The van der Waals surface area contributed by atoms with Gasteiger partial charge < -0.3 is 15.5 Å². The fourth-order valence-electron chi connectivity index (χ4n) is 3.26. The number of hydrogen-bond acceptors (Lipinski definition) is 3. The molecule has 1 aromatic heterocycles. The molecule has 2 N–H and O–H groups in total. The first-order valence-electron chi connectivity index (χ1n) is 9.48. The number of hydrogen-bond donors (Lipinski definition) is 2. The minimum Gasteiger partial charge on any atom is -0.352 e. The third-order valence-corrected chi connectivity index (χ3v) is 4.74. The molecule has 1 aliphatic rings. The van der Waals surface area contributed by atoms with Gasteiger partial charge in [0, 0.05) is 50.9 Å². The highest BCUT2D eigenvalue weighted by molar-refractivity contribution is 5.80. The van der Waals surface area contributed by atoms with Crippen molar-refractivity contribution in [2.24, 2.45) is 4.99 Å². The number of nitrogens with one attached hydrogen (secondary N) is 2. The van der Waals surface area contributed by atoms with E-state index in [2.05, 4.69) is 32.9 Å². The van der Waals surface area contributed by atoms with Crippen molar-refractivity contribution in [3.63, 3.8) is 0 Å². The zero-order valence-corrected chi connectivity index (χ0v) is 16.1. The van der Waals surface area contributed by atoms with E-state index in [0.29, 0.717) is 13.0 Å². The number of nitrogens with zero attached hydrogens (tertiary/aromatic N) is 4. The van der Waals surface area contributed by atoms with Crippen molar-refractivity contribution >= 4 is 11.9 Å². The summed E-state index contributed by atoms with van der Waals surface area (Å²) in [5, 5.41) is 11.2. The highest BCUT2D eigenvalue weighted by Gasteiger charge is 2.25. The lowest BCUT2D eigenvalue weighted by Crippen LogP contribution is -2.44. The van der Waals surface area contributed by atoms with Gasteiger partial charge in [0.25, 0.3) is 0 Å². The molecule has 0 aliphatic carbocycles. The maximum absolute atomic E-state index is 11.8. The van der Waals surface area contributed by atoms with Crippen LogP contribution >= 0.6 is 0 Å². The molecule has 0 radical (unpaired) electrons. The summed E-state index contributed by atoms with van der Waals surface area (Å²) in [5.74, 6) is 0.967. The Hall–Kier alpha value is -2.83. The number of likely N-dealkylation sites (tertiary alicyclic amines) is 1. The summed E-state index contributed by atoms with van der Waals surface area (Å²) in [7, 11) is 1.76. The summed E-state index contributed by atoms with van der Waals surface area (Å²) in [6.07, 6.45) is 5.43. The second-order valence-corrected chi connectivity index (χ2v) is 6.78. The SMILES string of the molecule is CCC(=O)N1CCC(NC(=NC)NCc2cnn(Cc3ccccc3)c2)C1. The van der Waals surface area contributed by atoms with Crippen molar-refractivity contribution in [2.45, 2.75) is 38.9 Å². The van der Waals surface area contributed by atoms with E-state index in [9.17, 15) is 4.79 Å². The van der Waals surface area contributed by atoms with Crippen molar-refractivity contribution in [1.29, 1.82) is 0 Å². The second-order valence-electron chi connectivity index (χ2n) is 6.78. The highest BCUT2D eigenvalue weighted by atomic mass is 16.2. The molecule has 0 spiro atoms. The van der Waals surface area contributed by atoms with Gasteiger partial charge in [-0.1, -0.05) is 37.3 Å². The minimum absolute atomic E-state index is 0.216. The summed E-state index contributed by atoms with van der Waals surface area (Å²) < 4.78 is 1.94. The molecule has 7 nitrogen and oxygen atoms in total. The Morgan fingerprint density at radius 2 is 2.11 bits per heavy atom. The summed E-state index contributed by atoms with van der Waals surface area (Å²) in [6.45, 7) is 4.87. The number of guanidine groups is 1. The molecule has 2 aromatic rings. The standard InChI is InChI=1S/C20H28N6O/c1-3-19(27)25-10-9-18(15-25)24-20(21-2)22-11-17-12-23-26(14-17)13-16-7-5-4-6-8-16/h4-8,12,14,18H,3,9-11,13,15H2,1-2H3,(H2,21,22,24). The van der Waals surface area contributed by atoms with Gasteiger partial charge in [0.05, 0.1) is 12.7 Å². The molecular weight excluding hydrogens is 340 g/mol. The van der Waals surface area contributed by atoms with Crippen LogP contribution in [0.15, 0.2) is 47.7 Å². The molecule has 1 unspecified atom stereocenters. The van der Waals surface area contributed by atoms with Crippen LogP contribution in [0.3, 0.4) is 0 Å². The van der Waals surface area contributed by atoms with E-state index in [0.717, 1.165) is 37.6 Å². The normalized spacial score (nSPS) is 17.2. The monoisotopic (exact) mass is 368 g/mol. The zero-order valence-electron chi connectivity index (χ0n) is 16.1. The van der Waals surface area contributed by atoms with Gasteiger partial charge in [-0.2, -0.15) is 5.10 Å². The average molecular weight is 368 g/mol. The molecular formula is C20H28N6O. The van der Waals surface area contributed by atoms with Gasteiger partial charge in [0.2, 0.25) is 5.91 Å². The predicted octanol–water partition coefficient (Wildman–Crippen LogP) is 1.61. The van der Waals surface area contributed by atoms with Gasteiger partial charge in [0.1, 0.15) is 0 Å². The predicted molar refractivity (Wildman–Crippen MR) is 106 cm³/mol. The highest BCUT2D eigenvalue weighted by Crippen LogP contribution is 2.10. The largest absolute Gasteiger partial charge is 0.352 e. The Morgan fingerprint density at radius 3 is 2.85 bits per heavy atom. The van der Waals surface area contributed by atoms with E-state index in [1.54, 1.807) is 7.05 Å². The number of benzene rings is 1. The molecule has 0 bridgehead atoms. The van der Waals surface area contributed by atoms with Gasteiger partial charge in [-0.15, -0.1) is 0 Å². The third-order valence-electron chi connectivity index (χ3n) is 4.74. The number of aliphatic imine (C=N–C) groups is 1. The lowest BCUT2D eigenvalue weighted by Gasteiger charge is -2.18. The first-order valence-corrected chi connectivity index (χ1v) is 9.48. The van der Waals surface area contributed by atoms with Crippen LogP contribution in [0.25, 0.3) is 0 Å². The van der Waals surface area contributed by atoms with E-state index < -0.39 is 0 Å². The Labute approximate surface area is 160 Å². The van der Waals surface area contributed by atoms with Crippen molar-refractivity contribution in [3.8, 4) is 0 Å². The van der Waals surface area contributed by atoms with Crippen molar-refractivity contribution in [2.75, 3.05) is 20.1 Å². The van der Waals surface area contributed by atoms with Gasteiger partial charge in [-0.3, -0.25) is 14.5 Å². The van der Waals surface area contributed by atoms with Gasteiger partial charge in [-0.05, 0) is 12.0 Å². The molecule has 2 heterocycles. The van der Waals surface area contributed by atoms with Crippen LogP contribution < -0.4 is 10.6 Å². The van der Waals surface area contributed by atoms with Crippen molar-refractivity contribution < 1.29 is 4.79 Å². The first-order chi connectivity index (χ1) is 13.2. The van der Waals surface area contributed by atoms with Crippen LogP contribution in [-0.2, 0) is 17.9 Å². The van der Waals surface area contributed by atoms with E-state index in [4.69, 9.17) is 0 Å². The fraction of sp³-hybridized carbons (Fsp3) is 0.450.